The quantitative estimate of drug-likeness (QED) is 0.873. The van der Waals surface area contributed by atoms with Crippen LogP contribution >= 0.6 is 23.2 Å². The van der Waals surface area contributed by atoms with Crippen molar-refractivity contribution < 1.29 is 14.7 Å². The van der Waals surface area contributed by atoms with E-state index in [-0.39, 0.29) is 19.0 Å². The summed E-state index contributed by atoms with van der Waals surface area (Å²) in [4.78, 5) is 23.8. The van der Waals surface area contributed by atoms with Crippen LogP contribution in [0.5, 0.6) is 0 Å². The summed E-state index contributed by atoms with van der Waals surface area (Å²) in [6.07, 6.45) is 2.94. The zero-order valence-corrected chi connectivity index (χ0v) is 11.4. The summed E-state index contributed by atoms with van der Waals surface area (Å²) in [5, 5.41) is 9.53. The summed E-state index contributed by atoms with van der Waals surface area (Å²) in [6.45, 7) is 0.504. The molecule has 1 N–H and O–H groups in total. The highest BCUT2D eigenvalue weighted by Gasteiger charge is 2.34. The van der Waals surface area contributed by atoms with Gasteiger partial charge >= 0.3 is 5.97 Å². The monoisotopic (exact) mass is 299 g/mol. The Hall–Kier alpha value is -1.52. The fourth-order valence-electron chi connectivity index (χ4n) is 1.73. The normalized spacial score (nSPS) is 15.6. The number of carbonyl (C=O) groups excluding carboxylic acids is 1. The molecule has 6 heteroatoms. The van der Waals surface area contributed by atoms with Gasteiger partial charge in [0.1, 0.15) is 0 Å². The average Bonchev–Trinajstić information content (AvgIpc) is 2.28. The Morgan fingerprint density at radius 3 is 2.63 bits per heavy atom. The first-order valence-corrected chi connectivity index (χ1v) is 6.38. The number of amides is 1. The number of aliphatic carboxylic acids is 1. The minimum Gasteiger partial charge on any atom is -0.481 e. The van der Waals surface area contributed by atoms with Crippen LogP contribution in [-0.2, 0) is 9.59 Å². The lowest BCUT2D eigenvalue weighted by Crippen LogP contribution is -2.52. The molecule has 1 amide bonds. The van der Waals surface area contributed by atoms with Crippen molar-refractivity contribution in [3.63, 3.8) is 0 Å². The maximum absolute atomic E-state index is 11.7. The van der Waals surface area contributed by atoms with Gasteiger partial charge in [0.2, 0.25) is 5.91 Å². The molecule has 1 aliphatic rings. The molecule has 1 aromatic carbocycles. The molecular formula is C13H11Cl2NO3. The largest absolute Gasteiger partial charge is 0.481 e. The second-order valence-corrected chi connectivity index (χ2v) is 5.04. The fraction of sp³-hybridized carbons (Fsp3) is 0.231. The number of halogens is 2. The predicted octanol–water partition coefficient (Wildman–Crippen LogP) is 2.55. The number of rotatable bonds is 3. The molecule has 0 bridgehead atoms. The third-order valence-electron chi connectivity index (χ3n) is 2.93. The summed E-state index contributed by atoms with van der Waals surface area (Å²) in [7, 11) is 0. The van der Waals surface area contributed by atoms with Crippen LogP contribution in [0.25, 0.3) is 6.08 Å². The molecule has 0 radical (unpaired) electrons. The molecule has 1 saturated heterocycles. The van der Waals surface area contributed by atoms with E-state index in [4.69, 9.17) is 28.3 Å². The molecular weight excluding hydrogens is 289 g/mol. The number of likely N-dealkylation sites (tertiary alicyclic amines) is 1. The highest BCUT2D eigenvalue weighted by atomic mass is 35.5. The summed E-state index contributed by atoms with van der Waals surface area (Å²) in [5.41, 5.74) is 0.651. The van der Waals surface area contributed by atoms with E-state index in [1.807, 2.05) is 0 Å². The van der Waals surface area contributed by atoms with Gasteiger partial charge in [0.05, 0.1) is 16.0 Å². The van der Waals surface area contributed by atoms with Crippen molar-refractivity contribution in [3.05, 3.63) is 39.9 Å². The third-order valence-corrected chi connectivity index (χ3v) is 3.76. The van der Waals surface area contributed by atoms with Crippen LogP contribution < -0.4 is 0 Å². The van der Waals surface area contributed by atoms with Crippen LogP contribution in [0.4, 0.5) is 0 Å². The Bertz CT molecular complexity index is 551. The Labute approximate surface area is 120 Å². The molecule has 0 atom stereocenters. The molecule has 0 unspecified atom stereocenters. The van der Waals surface area contributed by atoms with Gasteiger partial charge in [-0.25, -0.2) is 0 Å². The molecule has 0 aliphatic carbocycles. The van der Waals surface area contributed by atoms with E-state index in [9.17, 15) is 9.59 Å². The first-order chi connectivity index (χ1) is 8.99. The molecule has 1 aromatic rings. The van der Waals surface area contributed by atoms with E-state index in [0.29, 0.717) is 15.6 Å². The molecule has 1 aliphatic heterocycles. The van der Waals surface area contributed by atoms with Crippen molar-refractivity contribution in [1.82, 2.24) is 4.90 Å². The number of carboxylic acids is 1. The molecule has 1 heterocycles. The number of carbonyl (C=O) groups is 2. The average molecular weight is 300 g/mol. The molecule has 0 saturated carbocycles. The Morgan fingerprint density at radius 2 is 2.00 bits per heavy atom. The Morgan fingerprint density at radius 1 is 1.32 bits per heavy atom. The van der Waals surface area contributed by atoms with Crippen molar-refractivity contribution >= 4 is 41.2 Å². The van der Waals surface area contributed by atoms with E-state index in [1.165, 1.54) is 11.0 Å². The van der Waals surface area contributed by atoms with Gasteiger partial charge in [-0.15, -0.1) is 0 Å². The minimum atomic E-state index is -0.870. The lowest BCUT2D eigenvalue weighted by Gasteiger charge is -2.35. The van der Waals surface area contributed by atoms with Crippen LogP contribution in [0.1, 0.15) is 5.56 Å². The fourth-order valence-corrected chi connectivity index (χ4v) is 2.10. The van der Waals surface area contributed by atoms with Crippen molar-refractivity contribution in [2.75, 3.05) is 13.1 Å². The predicted molar refractivity (Wildman–Crippen MR) is 73.2 cm³/mol. The SMILES string of the molecule is O=C(O)C1CN(C(=O)C=Cc2cccc(Cl)c2Cl)C1. The molecule has 1 fully saturated rings. The zero-order chi connectivity index (χ0) is 14.0. The first kappa shape index (κ1) is 13.9. The zero-order valence-electron chi connectivity index (χ0n) is 9.85. The van der Waals surface area contributed by atoms with E-state index < -0.39 is 11.9 Å². The smallest absolute Gasteiger partial charge is 0.310 e. The highest BCUT2D eigenvalue weighted by molar-refractivity contribution is 6.42. The topological polar surface area (TPSA) is 57.6 Å². The molecule has 0 aromatic heterocycles. The molecule has 2 rings (SSSR count). The van der Waals surface area contributed by atoms with E-state index in [1.54, 1.807) is 24.3 Å². The van der Waals surface area contributed by atoms with Gasteiger partial charge in [-0.1, -0.05) is 35.3 Å². The van der Waals surface area contributed by atoms with Crippen LogP contribution in [0.3, 0.4) is 0 Å². The van der Waals surface area contributed by atoms with Gasteiger partial charge < -0.3 is 10.0 Å². The second-order valence-electron chi connectivity index (χ2n) is 4.25. The molecule has 100 valence electrons. The minimum absolute atomic E-state index is 0.228. The van der Waals surface area contributed by atoms with Gasteiger partial charge in [0.25, 0.3) is 0 Å². The van der Waals surface area contributed by atoms with Crippen molar-refractivity contribution in [2.45, 2.75) is 0 Å². The van der Waals surface area contributed by atoms with Gasteiger partial charge in [-0.05, 0) is 17.7 Å². The molecule has 19 heavy (non-hydrogen) atoms. The van der Waals surface area contributed by atoms with E-state index >= 15 is 0 Å². The van der Waals surface area contributed by atoms with E-state index in [0.717, 1.165) is 0 Å². The lowest BCUT2D eigenvalue weighted by atomic mass is 10.0. The Balaban J connectivity index is 1.98. The number of nitrogens with zero attached hydrogens (tertiary/aromatic N) is 1. The summed E-state index contributed by atoms with van der Waals surface area (Å²) in [6, 6.07) is 5.15. The summed E-state index contributed by atoms with van der Waals surface area (Å²) >= 11 is 11.8. The molecule has 4 nitrogen and oxygen atoms in total. The van der Waals surface area contributed by atoms with Gasteiger partial charge in [0, 0.05) is 19.2 Å². The Kier molecular flexibility index (Phi) is 4.12. The second kappa shape index (κ2) is 5.63. The maximum atomic E-state index is 11.7. The number of hydrogen-bond donors (Lipinski definition) is 1. The summed E-state index contributed by atoms with van der Waals surface area (Å²) < 4.78 is 0. The molecule has 0 spiro atoms. The number of benzene rings is 1. The third kappa shape index (κ3) is 3.08. The van der Waals surface area contributed by atoms with Crippen LogP contribution in [0, 0.1) is 5.92 Å². The highest BCUT2D eigenvalue weighted by Crippen LogP contribution is 2.26. The van der Waals surface area contributed by atoms with Crippen molar-refractivity contribution in [3.8, 4) is 0 Å². The maximum Gasteiger partial charge on any atom is 0.310 e. The van der Waals surface area contributed by atoms with Crippen molar-refractivity contribution in [2.24, 2.45) is 5.92 Å². The summed E-state index contributed by atoms with van der Waals surface area (Å²) in [5.74, 6) is -1.55. The number of carboxylic acid groups (broad SMARTS) is 1. The van der Waals surface area contributed by atoms with E-state index in [2.05, 4.69) is 0 Å². The standard InChI is InChI=1S/C13H11Cl2NO3/c14-10-3-1-2-8(12(10)15)4-5-11(17)16-6-9(7-16)13(18)19/h1-5,9H,6-7H2,(H,18,19). The first-order valence-electron chi connectivity index (χ1n) is 5.63. The van der Waals surface area contributed by atoms with Crippen LogP contribution in [0.2, 0.25) is 10.0 Å². The van der Waals surface area contributed by atoms with Gasteiger partial charge in [-0.3, -0.25) is 9.59 Å². The lowest BCUT2D eigenvalue weighted by molar-refractivity contribution is -0.151. The van der Waals surface area contributed by atoms with Gasteiger partial charge in [0.15, 0.2) is 0 Å². The van der Waals surface area contributed by atoms with Crippen LogP contribution in [-0.4, -0.2) is 35.0 Å². The van der Waals surface area contributed by atoms with Crippen molar-refractivity contribution in [1.29, 1.82) is 0 Å². The number of hydrogen-bond acceptors (Lipinski definition) is 2. The van der Waals surface area contributed by atoms with Gasteiger partial charge in [-0.2, -0.15) is 0 Å². The van der Waals surface area contributed by atoms with Crippen LogP contribution in [0.15, 0.2) is 24.3 Å².